The van der Waals surface area contributed by atoms with Gasteiger partial charge in [0.2, 0.25) is 0 Å². The number of ether oxygens (including phenoxy) is 1. The molecule has 1 N–H and O–H groups in total. The van der Waals surface area contributed by atoms with Crippen LogP contribution in [0.25, 0.3) is 17.1 Å². The summed E-state index contributed by atoms with van der Waals surface area (Å²) >= 11 is 0. The SMILES string of the molecule is CS(=O)Nc1ccc(-n2cc(-c3cccc(N4CCOCC4)n3)nn2)c(N2CCC3(CC2)CC3)c1. The average molecular weight is 494 g/mol. The Morgan fingerprint density at radius 1 is 0.943 bits per heavy atom. The van der Waals surface area contributed by atoms with Gasteiger partial charge in [0.05, 0.1) is 36.5 Å². The number of hydrogen-bond donors (Lipinski definition) is 1. The maximum Gasteiger partial charge on any atom is 0.131 e. The van der Waals surface area contributed by atoms with Crippen molar-refractivity contribution in [3.05, 3.63) is 42.6 Å². The van der Waals surface area contributed by atoms with Gasteiger partial charge in [0.25, 0.3) is 0 Å². The van der Waals surface area contributed by atoms with Gasteiger partial charge in [-0.3, -0.25) is 0 Å². The molecular formula is C25H31N7O2S. The largest absolute Gasteiger partial charge is 0.378 e. The number of piperidine rings is 1. The van der Waals surface area contributed by atoms with Crippen molar-refractivity contribution >= 4 is 28.2 Å². The number of benzene rings is 1. The van der Waals surface area contributed by atoms with Gasteiger partial charge < -0.3 is 19.3 Å². The minimum atomic E-state index is -1.13. The van der Waals surface area contributed by atoms with Crippen molar-refractivity contribution in [3.8, 4) is 17.1 Å². The first-order valence-corrected chi connectivity index (χ1v) is 13.9. The van der Waals surface area contributed by atoms with Gasteiger partial charge >= 0.3 is 0 Å². The number of nitrogens with zero attached hydrogens (tertiary/aromatic N) is 6. The van der Waals surface area contributed by atoms with Crippen LogP contribution in [-0.2, 0) is 15.7 Å². The summed E-state index contributed by atoms with van der Waals surface area (Å²) in [5.74, 6) is 0.936. The fourth-order valence-electron chi connectivity index (χ4n) is 5.13. The van der Waals surface area contributed by atoms with E-state index in [1.807, 2.05) is 41.2 Å². The smallest absolute Gasteiger partial charge is 0.131 e. The standard InChI is InChI=1S/C25H31N7O2S/c1-35(33)28-19-5-6-22(23(17-19)30-11-9-25(7-8-25)10-12-30)32-18-21(27-29-32)20-3-2-4-24(26-20)31-13-15-34-16-14-31/h2-6,17-18,28H,7-16H2,1H3. The molecule has 1 atom stereocenters. The van der Waals surface area contributed by atoms with Crippen molar-refractivity contribution in [1.82, 2.24) is 20.0 Å². The fourth-order valence-corrected chi connectivity index (χ4v) is 5.59. The summed E-state index contributed by atoms with van der Waals surface area (Å²) in [7, 11) is -1.13. The van der Waals surface area contributed by atoms with Gasteiger partial charge in [-0.25, -0.2) is 13.9 Å². The lowest BCUT2D eigenvalue weighted by Crippen LogP contribution is -2.36. The minimum absolute atomic E-state index is 0.592. The molecule has 2 aliphatic heterocycles. The molecule has 6 rings (SSSR count). The predicted octanol–water partition coefficient (Wildman–Crippen LogP) is 3.25. The van der Waals surface area contributed by atoms with E-state index in [0.717, 1.165) is 73.7 Å². The fraction of sp³-hybridized carbons (Fsp3) is 0.480. The van der Waals surface area contributed by atoms with Crippen molar-refractivity contribution in [1.29, 1.82) is 0 Å². The summed E-state index contributed by atoms with van der Waals surface area (Å²) in [6, 6.07) is 12.1. The summed E-state index contributed by atoms with van der Waals surface area (Å²) in [6.45, 7) is 5.17. The Morgan fingerprint density at radius 2 is 1.74 bits per heavy atom. The topological polar surface area (TPSA) is 88.4 Å². The molecule has 3 aliphatic rings. The van der Waals surface area contributed by atoms with E-state index in [1.54, 1.807) is 6.26 Å². The third-order valence-electron chi connectivity index (χ3n) is 7.43. The van der Waals surface area contributed by atoms with E-state index in [-0.39, 0.29) is 0 Å². The van der Waals surface area contributed by atoms with Crippen LogP contribution in [0.2, 0.25) is 0 Å². The van der Waals surface area contributed by atoms with Crippen LogP contribution in [0.5, 0.6) is 0 Å². The number of pyridine rings is 1. The van der Waals surface area contributed by atoms with E-state index < -0.39 is 11.0 Å². The normalized spacial score (nSPS) is 20.1. The molecule has 2 aromatic heterocycles. The van der Waals surface area contributed by atoms with Crippen molar-refractivity contribution in [3.63, 3.8) is 0 Å². The number of nitrogens with one attached hydrogen (secondary N) is 1. The maximum absolute atomic E-state index is 11.8. The van der Waals surface area contributed by atoms with Gasteiger partial charge in [-0.15, -0.1) is 5.10 Å². The molecule has 10 heteroatoms. The molecule has 4 heterocycles. The number of aromatic nitrogens is 4. The second kappa shape index (κ2) is 9.23. The molecule has 1 saturated carbocycles. The first-order chi connectivity index (χ1) is 17.1. The van der Waals surface area contributed by atoms with Gasteiger partial charge in [0, 0.05) is 38.1 Å². The highest BCUT2D eigenvalue weighted by atomic mass is 32.2. The molecule has 3 fully saturated rings. The lowest BCUT2D eigenvalue weighted by Gasteiger charge is -2.35. The molecule has 9 nitrogen and oxygen atoms in total. The van der Waals surface area contributed by atoms with Gasteiger partial charge in [-0.2, -0.15) is 0 Å². The van der Waals surface area contributed by atoms with Crippen LogP contribution in [0.3, 0.4) is 0 Å². The number of hydrogen-bond acceptors (Lipinski definition) is 7. The first kappa shape index (κ1) is 22.5. The van der Waals surface area contributed by atoms with Crippen molar-refractivity contribution in [2.24, 2.45) is 5.41 Å². The third kappa shape index (κ3) is 4.77. The number of anilines is 3. The van der Waals surface area contributed by atoms with Crippen molar-refractivity contribution in [2.75, 3.05) is 60.2 Å². The Labute approximate surface area is 208 Å². The van der Waals surface area contributed by atoms with Crippen LogP contribution in [0.4, 0.5) is 17.2 Å². The monoisotopic (exact) mass is 493 g/mol. The Kier molecular flexibility index (Phi) is 5.93. The maximum atomic E-state index is 11.8. The van der Waals surface area contributed by atoms with Gasteiger partial charge in [0.1, 0.15) is 22.5 Å². The Bertz CT molecular complexity index is 1230. The number of rotatable bonds is 6. The van der Waals surface area contributed by atoms with Gasteiger partial charge in [0.15, 0.2) is 0 Å². The van der Waals surface area contributed by atoms with Crippen LogP contribution in [0, 0.1) is 5.41 Å². The molecule has 0 amide bonds. The zero-order valence-electron chi connectivity index (χ0n) is 20.0. The zero-order chi connectivity index (χ0) is 23.8. The lowest BCUT2D eigenvalue weighted by atomic mass is 9.93. The van der Waals surface area contributed by atoms with Gasteiger partial charge in [-0.05, 0) is 61.4 Å². The minimum Gasteiger partial charge on any atom is -0.378 e. The highest BCUT2D eigenvalue weighted by Crippen LogP contribution is 2.54. The predicted molar refractivity (Wildman–Crippen MR) is 138 cm³/mol. The molecular weight excluding hydrogens is 462 g/mol. The van der Waals surface area contributed by atoms with E-state index in [0.29, 0.717) is 5.41 Å². The highest BCUT2D eigenvalue weighted by molar-refractivity contribution is 7.85. The molecule has 1 aliphatic carbocycles. The summed E-state index contributed by atoms with van der Waals surface area (Å²) in [6.07, 6.45) is 8.78. The van der Waals surface area contributed by atoms with E-state index in [4.69, 9.17) is 9.72 Å². The summed E-state index contributed by atoms with van der Waals surface area (Å²) in [4.78, 5) is 9.53. The molecule has 1 unspecified atom stereocenters. The van der Waals surface area contributed by atoms with Crippen molar-refractivity contribution in [2.45, 2.75) is 25.7 Å². The number of morpholine rings is 1. The Hall–Kier alpha value is -2.98. The Balaban J connectivity index is 1.30. The van der Waals surface area contributed by atoms with E-state index in [2.05, 4.69) is 30.9 Å². The van der Waals surface area contributed by atoms with E-state index in [1.165, 1.54) is 25.7 Å². The molecule has 35 heavy (non-hydrogen) atoms. The summed E-state index contributed by atoms with van der Waals surface area (Å²) in [5.41, 5.74) is 5.02. The van der Waals surface area contributed by atoms with Crippen LogP contribution in [0.1, 0.15) is 25.7 Å². The second-order valence-corrected chi connectivity index (χ2v) is 10.9. The highest BCUT2D eigenvalue weighted by Gasteiger charge is 2.44. The molecule has 1 aromatic carbocycles. The molecule has 1 spiro atoms. The molecule has 0 radical (unpaired) electrons. The molecule has 184 valence electrons. The second-order valence-electron chi connectivity index (χ2n) is 9.78. The van der Waals surface area contributed by atoms with Crippen LogP contribution in [-0.4, -0.2) is 69.8 Å². The third-order valence-corrected chi connectivity index (χ3v) is 7.95. The van der Waals surface area contributed by atoms with Crippen LogP contribution >= 0.6 is 0 Å². The lowest BCUT2D eigenvalue weighted by molar-refractivity contribution is 0.122. The average Bonchev–Trinajstić information content (AvgIpc) is 3.45. The molecule has 3 aromatic rings. The van der Waals surface area contributed by atoms with E-state index in [9.17, 15) is 4.21 Å². The molecule has 0 bridgehead atoms. The Morgan fingerprint density at radius 3 is 2.49 bits per heavy atom. The van der Waals surface area contributed by atoms with Crippen molar-refractivity contribution < 1.29 is 8.95 Å². The van der Waals surface area contributed by atoms with Crippen LogP contribution < -0.4 is 14.5 Å². The van der Waals surface area contributed by atoms with Crippen LogP contribution in [0.15, 0.2) is 42.6 Å². The zero-order valence-corrected chi connectivity index (χ0v) is 20.8. The van der Waals surface area contributed by atoms with E-state index >= 15 is 0 Å². The summed E-state index contributed by atoms with van der Waals surface area (Å²) in [5, 5.41) is 8.94. The quantitative estimate of drug-likeness (QED) is 0.564. The first-order valence-electron chi connectivity index (χ1n) is 12.3. The molecule has 2 saturated heterocycles. The van der Waals surface area contributed by atoms with Gasteiger partial charge in [-0.1, -0.05) is 11.3 Å². The summed E-state index contributed by atoms with van der Waals surface area (Å²) < 4.78 is 22.1.